The summed E-state index contributed by atoms with van der Waals surface area (Å²) < 4.78 is 72.0. The Bertz CT molecular complexity index is 1640. The number of ether oxygens (including phenoxy) is 3. The molecule has 19 nitrogen and oxygen atoms in total. The van der Waals surface area contributed by atoms with Crippen molar-refractivity contribution in [3.05, 3.63) is 18.1 Å². The predicted octanol–water partition coefficient (Wildman–Crippen LogP) is 0.150. The van der Waals surface area contributed by atoms with E-state index in [4.69, 9.17) is 34.1 Å². The van der Waals surface area contributed by atoms with Crippen LogP contribution in [-0.4, -0.2) is 115 Å². The van der Waals surface area contributed by atoms with Crippen LogP contribution in [0.2, 0.25) is 0 Å². The highest BCUT2D eigenvalue weighted by Crippen LogP contribution is 2.68. The molecule has 23 heteroatoms. The fraction of sp³-hybridized carbons (Fsp3) is 0.667. The molecule has 4 heterocycles. The number of halogens is 1. The summed E-state index contributed by atoms with van der Waals surface area (Å²) >= 11 is 3.75. The number of aromatic amines is 1. The van der Waals surface area contributed by atoms with E-state index in [0.717, 1.165) is 0 Å². The summed E-state index contributed by atoms with van der Waals surface area (Å²) in [6, 6.07) is 0. The fourth-order valence-electron chi connectivity index (χ4n) is 6.30. The summed E-state index contributed by atoms with van der Waals surface area (Å²) in [5.41, 5.74) is 6.02. The predicted molar refractivity (Wildman–Crippen MR) is 159 cm³/mol. The minimum Gasteiger partial charge on any atom is -0.393 e. The van der Waals surface area contributed by atoms with Crippen LogP contribution in [0.25, 0.3) is 11.0 Å². The van der Waals surface area contributed by atoms with Gasteiger partial charge >= 0.3 is 14.6 Å². The Morgan fingerprint density at radius 2 is 2.04 bits per heavy atom. The molecule has 47 heavy (non-hydrogen) atoms. The molecule has 2 aromatic rings. The molecule has 1 aliphatic carbocycles. The number of methoxy groups -OCH3 is 1. The molecule has 1 amide bonds. The Kier molecular flexibility index (Phi) is 10.1. The molecule has 262 valence electrons. The average Bonchev–Trinajstić information content (AvgIpc) is 3.57. The van der Waals surface area contributed by atoms with Crippen molar-refractivity contribution in [3.63, 3.8) is 0 Å². The number of anilines is 1. The number of rotatable bonds is 12. The smallest absolute Gasteiger partial charge is 0.393 e. The molecule has 0 spiro atoms. The average molecular weight is 730 g/mol. The minimum absolute atomic E-state index is 0.170. The lowest BCUT2D eigenvalue weighted by molar-refractivity contribution is -0.426. The van der Waals surface area contributed by atoms with Crippen LogP contribution < -0.4 is 5.73 Å². The van der Waals surface area contributed by atoms with Crippen molar-refractivity contribution < 1.29 is 71.2 Å². The van der Waals surface area contributed by atoms with Crippen LogP contribution in [0.1, 0.15) is 25.5 Å². The third-order valence-corrected chi connectivity index (χ3v) is 12.2. The molecular weight excluding hydrogens is 695 g/mol. The number of phosphoric acid groups is 1. The molecule has 2 aliphatic heterocycles. The Morgan fingerprint density at radius 3 is 2.68 bits per heavy atom. The number of hydrogen-bond donors (Lipinski definition) is 8. The maximum Gasteiger partial charge on any atom is 0.482 e. The molecular formula is C24H34FN5O14P2S. The van der Waals surface area contributed by atoms with Crippen molar-refractivity contribution in [3.8, 4) is 0 Å². The second kappa shape index (κ2) is 13.1. The van der Waals surface area contributed by atoms with E-state index < -0.39 is 99.8 Å². The van der Waals surface area contributed by atoms with E-state index in [1.54, 1.807) is 13.1 Å². The fourth-order valence-corrected chi connectivity index (χ4v) is 9.49. The first kappa shape index (κ1) is 36.3. The van der Waals surface area contributed by atoms with Gasteiger partial charge in [-0.2, -0.15) is 4.31 Å². The molecule has 3 aliphatic rings. The molecule has 13 atom stereocenters. The van der Waals surface area contributed by atoms with Crippen LogP contribution in [0.5, 0.6) is 0 Å². The second-order valence-corrected chi connectivity index (χ2v) is 15.8. The summed E-state index contributed by atoms with van der Waals surface area (Å²) in [4.78, 5) is 37.1. The summed E-state index contributed by atoms with van der Waals surface area (Å²) in [6.45, 7) is -3.67. The van der Waals surface area contributed by atoms with Crippen molar-refractivity contribution in [2.24, 2.45) is 22.7 Å². The van der Waals surface area contributed by atoms with Gasteiger partial charge in [0, 0.05) is 32.0 Å². The van der Waals surface area contributed by atoms with Gasteiger partial charge in [-0.1, -0.05) is 12.2 Å². The molecule has 3 fully saturated rings. The Balaban J connectivity index is 1.31. The van der Waals surface area contributed by atoms with Gasteiger partial charge in [-0.3, -0.25) is 13.8 Å². The molecule has 2 aromatic heterocycles. The number of carbonyl (C=O) groups is 1. The van der Waals surface area contributed by atoms with Crippen LogP contribution in [0.3, 0.4) is 0 Å². The number of H-pyrrole nitrogens is 1. The van der Waals surface area contributed by atoms with E-state index in [0.29, 0.717) is 16.6 Å². The summed E-state index contributed by atoms with van der Waals surface area (Å²) in [7, 11) is -4.04. The molecule has 9 unspecified atom stereocenters. The quantitative estimate of drug-likeness (QED) is 0.0819. The number of nitrogen functional groups attached to an aromatic ring is 1. The van der Waals surface area contributed by atoms with Gasteiger partial charge in [0.1, 0.15) is 29.7 Å². The van der Waals surface area contributed by atoms with Crippen LogP contribution in [0.4, 0.5) is 10.2 Å². The van der Waals surface area contributed by atoms with Gasteiger partial charge in [0.25, 0.3) is 0 Å². The molecule has 1 saturated carbocycles. The van der Waals surface area contributed by atoms with E-state index in [1.807, 2.05) is 0 Å². The normalized spacial score (nSPS) is 38.6. The number of thiol groups is 1. The number of carbonyl (C=O) groups excluding carboxylic acids is 1. The van der Waals surface area contributed by atoms with Crippen molar-refractivity contribution in [2.75, 3.05) is 26.1 Å². The Hall–Kier alpha value is -1.94. The zero-order valence-corrected chi connectivity index (χ0v) is 27.6. The summed E-state index contributed by atoms with van der Waals surface area (Å²) in [6.07, 6.45) is -5.89. The third-order valence-electron chi connectivity index (χ3n) is 8.60. The first-order chi connectivity index (χ1) is 21.9. The van der Waals surface area contributed by atoms with Gasteiger partial charge in [0.2, 0.25) is 5.91 Å². The maximum atomic E-state index is 14.2. The van der Waals surface area contributed by atoms with E-state index >= 15 is 0 Å². The van der Waals surface area contributed by atoms with Crippen molar-refractivity contribution >= 4 is 55.8 Å². The molecule has 0 bridgehead atoms. The van der Waals surface area contributed by atoms with Crippen molar-refractivity contribution in [1.29, 1.82) is 0 Å². The lowest BCUT2D eigenvalue weighted by Crippen LogP contribution is -2.64. The molecule has 5 rings (SSSR count). The highest BCUT2D eigenvalue weighted by Gasteiger charge is 2.74. The number of fused-ring (bicyclic) bond motifs is 2. The number of phosphoric ester groups is 1. The number of aliphatic hydroxyl groups is 4. The van der Waals surface area contributed by atoms with Crippen LogP contribution in [-0.2, 0) is 41.5 Å². The third kappa shape index (κ3) is 6.55. The van der Waals surface area contributed by atoms with Crippen LogP contribution in [0, 0.1) is 17.8 Å². The topological polar surface area (TPSA) is 288 Å². The SMILES string of the molecule is CO[C@]1(C)C(/C=N/C(C)=O)[C@@H](COP(=O)(S)OP(=O)(O)OC2OC3(O)C2C(O)C(O)C3[C@@H](F)CO)O[C@H]1c1c[nH]c2c(N)ncnc12. The number of aliphatic imine (C=N–C) groups is 1. The van der Waals surface area contributed by atoms with Crippen LogP contribution >= 0.6 is 26.9 Å². The molecule has 8 N–H and O–H groups in total. The number of nitrogens with one attached hydrogen (secondary N) is 1. The van der Waals surface area contributed by atoms with Crippen LogP contribution in [0.15, 0.2) is 17.5 Å². The molecule has 0 aromatic carbocycles. The van der Waals surface area contributed by atoms with E-state index in [9.17, 15) is 38.5 Å². The summed E-state index contributed by atoms with van der Waals surface area (Å²) in [5, 5.41) is 40.2. The van der Waals surface area contributed by atoms with Gasteiger partial charge in [0.15, 0.2) is 17.9 Å². The zero-order valence-electron chi connectivity index (χ0n) is 24.9. The van der Waals surface area contributed by atoms with Gasteiger partial charge in [-0.25, -0.2) is 28.5 Å². The number of nitrogens with two attached hydrogens (primary N) is 1. The molecule has 2 saturated heterocycles. The number of nitrogens with zero attached hydrogens (tertiary/aromatic N) is 3. The van der Waals surface area contributed by atoms with Gasteiger partial charge in [-0.15, -0.1) is 0 Å². The Morgan fingerprint density at radius 1 is 1.34 bits per heavy atom. The first-order valence-corrected chi connectivity index (χ1v) is 18.1. The largest absolute Gasteiger partial charge is 0.482 e. The number of alkyl halides is 1. The van der Waals surface area contributed by atoms with Crippen molar-refractivity contribution in [1.82, 2.24) is 15.0 Å². The number of aromatic nitrogens is 3. The first-order valence-electron chi connectivity index (χ1n) is 13.9. The van der Waals surface area contributed by atoms with Gasteiger partial charge < -0.3 is 50.2 Å². The monoisotopic (exact) mass is 729 g/mol. The van der Waals surface area contributed by atoms with Gasteiger partial charge in [0.05, 0.1) is 54.8 Å². The number of amides is 1. The van der Waals surface area contributed by atoms with E-state index in [2.05, 4.69) is 36.5 Å². The minimum atomic E-state index is -5.43. The zero-order chi connectivity index (χ0) is 34.7. The molecule has 0 radical (unpaired) electrons. The lowest BCUT2D eigenvalue weighted by atomic mass is 9.82. The van der Waals surface area contributed by atoms with Gasteiger partial charge in [-0.05, 0) is 6.92 Å². The number of hydrogen-bond acceptors (Lipinski definition) is 16. The van der Waals surface area contributed by atoms with Crippen molar-refractivity contribution in [2.45, 2.75) is 62.1 Å². The Labute approximate surface area is 270 Å². The maximum absolute atomic E-state index is 14.2. The standard InChI is InChI=1S/C24H34FN5O14P2S/c1-9(32)27-5-11-13(41-20(23(11,2)39-3)10-4-28-17-16(10)29-8-30-21(17)26)7-40-46(38,47)44-45(36,37)43-22-15-19(34)18(33)14(12(25)6-31)24(15,35)42-22/h4-5,8,11-15,18-20,22,28,31,33-35H,6-7H2,1-3H3,(H,36,37)(H,38,47)(H2,26,29,30)/b27-5+/t11?,12-,13+,14?,15?,18?,19?,20-,22?,23+,24?,46?/m0/s1. The summed E-state index contributed by atoms with van der Waals surface area (Å²) in [5.74, 6) is -7.26. The second-order valence-electron chi connectivity index (χ2n) is 11.4. The van der Waals surface area contributed by atoms with E-state index in [1.165, 1.54) is 26.6 Å². The highest BCUT2D eigenvalue weighted by atomic mass is 32.7. The van der Waals surface area contributed by atoms with E-state index in [-0.39, 0.29) is 5.82 Å². The lowest BCUT2D eigenvalue weighted by Gasteiger charge is -2.49. The highest BCUT2D eigenvalue weighted by molar-refractivity contribution is 8.45. The number of aliphatic hydroxyl groups excluding tert-OH is 3.